The summed E-state index contributed by atoms with van der Waals surface area (Å²) in [6.45, 7) is 10.4. The van der Waals surface area contributed by atoms with Crippen LogP contribution in [-0.4, -0.2) is 32.3 Å². The van der Waals surface area contributed by atoms with Gasteiger partial charge in [0, 0.05) is 26.3 Å². The number of nitrogens with zero attached hydrogens (tertiary/aromatic N) is 1. The molecule has 0 spiro atoms. The van der Waals surface area contributed by atoms with E-state index in [1.807, 2.05) is 6.92 Å². The molecule has 1 aromatic carbocycles. The molecule has 2 N–H and O–H groups in total. The predicted molar refractivity (Wildman–Crippen MR) is 105 cm³/mol. The molecule has 0 aliphatic heterocycles. The molecule has 0 atom stereocenters. The van der Waals surface area contributed by atoms with Gasteiger partial charge in [-0.2, -0.15) is 0 Å². The standard InChI is InChI=1S/C17H29N3O.HI/c1-4-18-17(19-12-8-9-13-21-5-2)20-14-16-11-7-6-10-15(16)3;/h6-7,10-11H,4-5,8-9,12-14H2,1-3H3,(H2,18,19,20);1H. The molecule has 4 nitrogen and oxygen atoms in total. The molecule has 0 unspecified atom stereocenters. The van der Waals surface area contributed by atoms with Crippen LogP contribution in [-0.2, 0) is 11.3 Å². The van der Waals surface area contributed by atoms with Crippen molar-refractivity contribution in [1.29, 1.82) is 0 Å². The number of guanidine groups is 1. The lowest BCUT2D eigenvalue weighted by molar-refractivity contribution is 0.143. The number of rotatable bonds is 9. The van der Waals surface area contributed by atoms with E-state index < -0.39 is 0 Å². The van der Waals surface area contributed by atoms with Crippen LogP contribution in [0.5, 0.6) is 0 Å². The molecule has 0 bridgehead atoms. The minimum Gasteiger partial charge on any atom is -0.382 e. The topological polar surface area (TPSA) is 45.7 Å². The fourth-order valence-corrected chi connectivity index (χ4v) is 1.97. The molecule has 0 aliphatic carbocycles. The first-order chi connectivity index (χ1) is 10.3. The van der Waals surface area contributed by atoms with E-state index >= 15 is 0 Å². The van der Waals surface area contributed by atoms with Gasteiger partial charge in [-0.25, -0.2) is 4.99 Å². The third kappa shape index (κ3) is 9.25. The van der Waals surface area contributed by atoms with E-state index in [9.17, 15) is 0 Å². The third-order valence-electron chi connectivity index (χ3n) is 3.23. The Kier molecular flexibility index (Phi) is 13.3. The Hall–Kier alpha value is -0.820. The van der Waals surface area contributed by atoms with Crippen LogP contribution >= 0.6 is 24.0 Å². The van der Waals surface area contributed by atoms with E-state index in [2.05, 4.69) is 53.7 Å². The predicted octanol–water partition coefficient (Wildman–Crippen LogP) is 3.48. The van der Waals surface area contributed by atoms with Crippen molar-refractivity contribution in [1.82, 2.24) is 10.6 Å². The monoisotopic (exact) mass is 419 g/mol. The van der Waals surface area contributed by atoms with Crippen molar-refractivity contribution in [2.75, 3.05) is 26.3 Å². The van der Waals surface area contributed by atoms with Crippen LogP contribution in [0.25, 0.3) is 0 Å². The zero-order valence-electron chi connectivity index (χ0n) is 14.0. The summed E-state index contributed by atoms with van der Waals surface area (Å²) in [6.07, 6.45) is 2.17. The maximum absolute atomic E-state index is 5.33. The lowest BCUT2D eigenvalue weighted by Gasteiger charge is -2.11. The van der Waals surface area contributed by atoms with Crippen LogP contribution < -0.4 is 10.6 Å². The average molecular weight is 419 g/mol. The fraction of sp³-hybridized carbons (Fsp3) is 0.588. The number of aliphatic imine (C=N–C) groups is 1. The van der Waals surface area contributed by atoms with E-state index in [0.29, 0.717) is 6.54 Å². The van der Waals surface area contributed by atoms with Crippen LogP contribution in [0.1, 0.15) is 37.8 Å². The third-order valence-corrected chi connectivity index (χ3v) is 3.23. The maximum Gasteiger partial charge on any atom is 0.191 e. The first-order valence-electron chi connectivity index (χ1n) is 7.92. The summed E-state index contributed by atoms with van der Waals surface area (Å²) in [5, 5.41) is 6.65. The Morgan fingerprint density at radius 1 is 1.14 bits per heavy atom. The van der Waals surface area contributed by atoms with Crippen LogP contribution in [0.15, 0.2) is 29.3 Å². The summed E-state index contributed by atoms with van der Waals surface area (Å²) in [5.74, 6) is 0.886. The minimum absolute atomic E-state index is 0. The summed E-state index contributed by atoms with van der Waals surface area (Å²) in [5.41, 5.74) is 2.56. The van der Waals surface area contributed by atoms with Gasteiger partial charge in [-0.1, -0.05) is 24.3 Å². The first kappa shape index (κ1) is 21.2. The molecule has 0 amide bonds. The molecule has 0 heterocycles. The number of ether oxygens (including phenoxy) is 1. The van der Waals surface area contributed by atoms with Crippen molar-refractivity contribution in [3.63, 3.8) is 0 Å². The summed E-state index contributed by atoms with van der Waals surface area (Å²) in [4.78, 5) is 4.64. The fourth-order valence-electron chi connectivity index (χ4n) is 1.97. The summed E-state index contributed by atoms with van der Waals surface area (Å²) in [6, 6.07) is 8.37. The van der Waals surface area contributed by atoms with Gasteiger partial charge in [0.1, 0.15) is 0 Å². The lowest BCUT2D eigenvalue weighted by atomic mass is 10.1. The van der Waals surface area contributed by atoms with Crippen molar-refractivity contribution < 1.29 is 4.74 Å². The van der Waals surface area contributed by atoms with Crippen LogP contribution in [0.4, 0.5) is 0 Å². The van der Waals surface area contributed by atoms with Gasteiger partial charge in [0.15, 0.2) is 5.96 Å². The summed E-state index contributed by atoms with van der Waals surface area (Å²) < 4.78 is 5.33. The summed E-state index contributed by atoms with van der Waals surface area (Å²) >= 11 is 0. The SMILES string of the molecule is CCNC(=NCc1ccccc1C)NCCCCOCC.I. The average Bonchev–Trinajstić information content (AvgIpc) is 2.49. The highest BCUT2D eigenvalue weighted by molar-refractivity contribution is 14.0. The molecule has 0 saturated heterocycles. The van der Waals surface area contributed by atoms with Crippen molar-refractivity contribution in [3.05, 3.63) is 35.4 Å². The minimum atomic E-state index is 0. The Balaban J connectivity index is 0.00000441. The van der Waals surface area contributed by atoms with Crippen LogP contribution in [0.2, 0.25) is 0 Å². The number of halogens is 1. The molecule has 5 heteroatoms. The molecule has 0 aliphatic rings. The van der Waals surface area contributed by atoms with Gasteiger partial charge < -0.3 is 15.4 Å². The molecule has 0 radical (unpaired) electrons. The zero-order chi connectivity index (χ0) is 15.3. The van der Waals surface area contributed by atoms with E-state index in [1.165, 1.54) is 11.1 Å². The molecule has 0 aromatic heterocycles. The number of benzene rings is 1. The van der Waals surface area contributed by atoms with Crippen LogP contribution in [0.3, 0.4) is 0 Å². The molecule has 22 heavy (non-hydrogen) atoms. The van der Waals surface area contributed by atoms with E-state index in [-0.39, 0.29) is 24.0 Å². The van der Waals surface area contributed by atoms with Gasteiger partial charge in [-0.3, -0.25) is 0 Å². The van der Waals surface area contributed by atoms with Gasteiger partial charge in [0.2, 0.25) is 0 Å². The second-order valence-corrected chi connectivity index (χ2v) is 4.95. The Morgan fingerprint density at radius 3 is 2.59 bits per heavy atom. The number of aryl methyl sites for hydroxylation is 1. The van der Waals surface area contributed by atoms with Gasteiger partial charge in [0.05, 0.1) is 6.54 Å². The number of hydrogen-bond acceptors (Lipinski definition) is 2. The molecule has 1 rings (SSSR count). The number of unbranched alkanes of at least 4 members (excludes halogenated alkanes) is 1. The molecular weight excluding hydrogens is 389 g/mol. The smallest absolute Gasteiger partial charge is 0.191 e. The van der Waals surface area contributed by atoms with E-state index in [4.69, 9.17) is 4.74 Å². The Bertz CT molecular complexity index is 424. The van der Waals surface area contributed by atoms with Gasteiger partial charge in [-0.05, 0) is 44.7 Å². The Morgan fingerprint density at radius 2 is 1.91 bits per heavy atom. The molecule has 0 saturated carbocycles. The normalized spacial score (nSPS) is 11.0. The first-order valence-corrected chi connectivity index (χ1v) is 7.92. The highest BCUT2D eigenvalue weighted by atomic mass is 127. The van der Waals surface area contributed by atoms with E-state index in [0.717, 1.165) is 45.1 Å². The highest BCUT2D eigenvalue weighted by Crippen LogP contribution is 2.07. The van der Waals surface area contributed by atoms with Crippen molar-refractivity contribution in [2.45, 2.75) is 40.2 Å². The number of nitrogens with one attached hydrogen (secondary N) is 2. The zero-order valence-corrected chi connectivity index (χ0v) is 16.4. The van der Waals surface area contributed by atoms with Gasteiger partial charge in [-0.15, -0.1) is 24.0 Å². The second-order valence-electron chi connectivity index (χ2n) is 4.95. The molecule has 1 aromatic rings. The maximum atomic E-state index is 5.33. The molecule has 0 fully saturated rings. The quantitative estimate of drug-likeness (QED) is 0.279. The van der Waals surface area contributed by atoms with Crippen molar-refractivity contribution >= 4 is 29.9 Å². The summed E-state index contributed by atoms with van der Waals surface area (Å²) in [7, 11) is 0. The van der Waals surface area contributed by atoms with Crippen molar-refractivity contribution in [3.8, 4) is 0 Å². The number of hydrogen-bond donors (Lipinski definition) is 2. The van der Waals surface area contributed by atoms with Crippen molar-refractivity contribution in [2.24, 2.45) is 4.99 Å². The molecular formula is C17H30IN3O. The van der Waals surface area contributed by atoms with E-state index in [1.54, 1.807) is 0 Å². The lowest BCUT2D eigenvalue weighted by Crippen LogP contribution is -2.37. The Labute approximate surface area is 152 Å². The van der Waals surface area contributed by atoms with Crippen LogP contribution in [0, 0.1) is 6.92 Å². The highest BCUT2D eigenvalue weighted by Gasteiger charge is 1.99. The van der Waals surface area contributed by atoms with Gasteiger partial charge >= 0.3 is 0 Å². The molecule has 126 valence electrons. The largest absolute Gasteiger partial charge is 0.382 e. The second kappa shape index (κ2) is 13.8. The van der Waals surface area contributed by atoms with Gasteiger partial charge in [0.25, 0.3) is 0 Å².